The van der Waals surface area contributed by atoms with Crippen LogP contribution in [-0.4, -0.2) is 5.84 Å². The van der Waals surface area contributed by atoms with Crippen molar-refractivity contribution in [1.29, 1.82) is 0 Å². The summed E-state index contributed by atoms with van der Waals surface area (Å²) in [7, 11) is 0. The Kier molecular flexibility index (Phi) is 6.46. The lowest BCUT2D eigenvalue weighted by Crippen LogP contribution is -2.45. The molecular weight excluding hydrogens is 663 g/mol. The highest BCUT2D eigenvalue weighted by atomic mass is 32.1. The van der Waals surface area contributed by atoms with Gasteiger partial charge in [-0.25, -0.2) is 4.99 Å². The van der Waals surface area contributed by atoms with Crippen LogP contribution in [-0.2, 0) is 0 Å². The first-order valence-electron chi connectivity index (χ1n) is 17.2. The molecule has 0 fully saturated rings. The number of fused-ring (bicyclic) bond motifs is 9. The minimum atomic E-state index is -0.283. The van der Waals surface area contributed by atoms with Gasteiger partial charge in [0.25, 0.3) is 0 Å². The number of hydrogen-bond donors (Lipinski definition) is 2. The summed E-state index contributed by atoms with van der Waals surface area (Å²) >= 11 is 3.68. The second-order valence-electron chi connectivity index (χ2n) is 13.1. The molecule has 4 heterocycles. The summed E-state index contributed by atoms with van der Waals surface area (Å²) in [6, 6.07) is 54.1. The van der Waals surface area contributed by atoms with Crippen LogP contribution in [0.2, 0.25) is 0 Å². The molecule has 242 valence electrons. The van der Waals surface area contributed by atoms with Crippen LogP contribution in [0.3, 0.4) is 0 Å². The van der Waals surface area contributed by atoms with E-state index in [9.17, 15) is 0 Å². The minimum absolute atomic E-state index is 0.162. The average molecular weight is 692 g/mol. The van der Waals surface area contributed by atoms with Gasteiger partial charge < -0.3 is 9.73 Å². The summed E-state index contributed by atoms with van der Waals surface area (Å²) in [5.41, 5.74) is 7.28. The molecule has 10 aromatic rings. The molecule has 2 N–H and O–H groups in total. The molecule has 0 bridgehead atoms. The Morgan fingerprint density at radius 2 is 1.10 bits per heavy atom. The molecule has 0 radical (unpaired) electrons. The predicted molar refractivity (Wildman–Crippen MR) is 216 cm³/mol. The minimum Gasteiger partial charge on any atom is -0.455 e. The van der Waals surface area contributed by atoms with Gasteiger partial charge in [0.05, 0.1) is 5.56 Å². The van der Waals surface area contributed by atoms with Crippen LogP contribution in [0.25, 0.3) is 73.4 Å². The monoisotopic (exact) mass is 691 g/mol. The number of para-hydroxylation sites is 2. The lowest BCUT2D eigenvalue weighted by atomic mass is 9.99. The third-order valence-electron chi connectivity index (χ3n) is 10.2. The zero-order chi connectivity index (χ0) is 33.5. The van der Waals surface area contributed by atoms with E-state index in [1.54, 1.807) is 0 Å². The molecule has 0 amide bonds. The number of hydrogen-bond acceptors (Lipinski definition) is 6. The van der Waals surface area contributed by atoms with Gasteiger partial charge in [-0.05, 0) is 29.8 Å². The van der Waals surface area contributed by atoms with Crippen molar-refractivity contribution in [1.82, 2.24) is 10.6 Å². The molecule has 0 aliphatic carbocycles. The third kappa shape index (κ3) is 4.51. The maximum Gasteiger partial charge on any atom is 0.146 e. The molecule has 51 heavy (non-hydrogen) atoms. The van der Waals surface area contributed by atoms with Crippen LogP contribution in [0.5, 0.6) is 0 Å². The molecule has 11 rings (SSSR count). The van der Waals surface area contributed by atoms with Crippen LogP contribution in [0, 0.1) is 0 Å². The number of aliphatic imine (C=N–C) groups is 1. The average Bonchev–Trinajstić information content (AvgIpc) is 3.89. The number of nitrogens with zero attached hydrogens (tertiary/aromatic N) is 1. The Morgan fingerprint density at radius 3 is 1.92 bits per heavy atom. The number of rotatable bonds is 4. The van der Waals surface area contributed by atoms with Crippen LogP contribution < -0.4 is 10.6 Å². The van der Waals surface area contributed by atoms with E-state index in [1.165, 1.54) is 51.5 Å². The molecule has 1 aliphatic rings. The first-order chi connectivity index (χ1) is 25.3. The van der Waals surface area contributed by atoms with Crippen molar-refractivity contribution >= 4 is 90.8 Å². The lowest BCUT2D eigenvalue weighted by molar-refractivity contribution is 0.410. The molecular formula is C45H29N3OS2. The van der Waals surface area contributed by atoms with Gasteiger partial charge in [-0.1, -0.05) is 127 Å². The van der Waals surface area contributed by atoms with E-state index in [0.29, 0.717) is 0 Å². The zero-order valence-corrected chi connectivity index (χ0v) is 28.9. The van der Waals surface area contributed by atoms with E-state index in [1.807, 2.05) is 22.7 Å². The molecule has 6 heteroatoms. The van der Waals surface area contributed by atoms with E-state index in [-0.39, 0.29) is 12.3 Å². The second kappa shape index (κ2) is 11.4. The third-order valence-corrected chi connectivity index (χ3v) is 12.6. The van der Waals surface area contributed by atoms with E-state index in [4.69, 9.17) is 9.41 Å². The van der Waals surface area contributed by atoms with Gasteiger partial charge >= 0.3 is 0 Å². The Hall–Kier alpha value is -5.79. The molecule has 0 saturated heterocycles. The highest BCUT2D eigenvalue weighted by molar-refractivity contribution is 7.26. The van der Waals surface area contributed by atoms with E-state index < -0.39 is 0 Å². The molecule has 3 aromatic heterocycles. The first-order valence-corrected chi connectivity index (χ1v) is 18.8. The van der Waals surface area contributed by atoms with Crippen molar-refractivity contribution < 1.29 is 4.42 Å². The van der Waals surface area contributed by atoms with E-state index in [0.717, 1.165) is 44.5 Å². The Morgan fingerprint density at radius 1 is 0.490 bits per heavy atom. The van der Waals surface area contributed by atoms with Crippen molar-refractivity contribution in [3.8, 4) is 11.1 Å². The first kappa shape index (κ1) is 29.0. The Bertz CT molecular complexity index is 3010. The summed E-state index contributed by atoms with van der Waals surface area (Å²) in [4.78, 5) is 5.44. The van der Waals surface area contributed by atoms with Crippen LogP contribution in [0.1, 0.15) is 29.0 Å². The van der Waals surface area contributed by atoms with Gasteiger partial charge in [-0.3, -0.25) is 5.32 Å². The smallest absolute Gasteiger partial charge is 0.146 e. The summed E-state index contributed by atoms with van der Waals surface area (Å²) in [5, 5.41) is 14.9. The standard InChI is InChI=1S/C45H29N3OS2/c1-2-12-26(13-3-1)43-46-44(34-21-11-25-38-39(34)33-15-5-7-24-37(33)50-38)48-45(47-43)35-22-9-17-29-28-16-8-18-30(40(28)49-41(29)35)32-20-10-19-31-27-14-4-6-23-36(27)51-42(31)32/h1-25,43-44,46H,(H,47,48). The predicted octanol–water partition coefficient (Wildman–Crippen LogP) is 12.3. The molecule has 2 atom stereocenters. The maximum absolute atomic E-state index is 7.01. The van der Waals surface area contributed by atoms with Gasteiger partial charge in [0.15, 0.2) is 0 Å². The highest BCUT2D eigenvalue weighted by Crippen LogP contribution is 2.44. The van der Waals surface area contributed by atoms with Crippen molar-refractivity contribution in [3.05, 3.63) is 168 Å². The zero-order valence-electron chi connectivity index (χ0n) is 27.3. The SMILES string of the molecule is c1ccc(C2NC(c3cccc4c3oc3c(-c5cccc6c5sc5ccccc56)cccc34)=NC(c3cccc4sc5ccccc5c34)N2)cc1. The Labute approximate surface area is 301 Å². The van der Waals surface area contributed by atoms with Gasteiger partial charge in [-0.15, -0.1) is 22.7 Å². The van der Waals surface area contributed by atoms with Crippen molar-refractivity contribution in [2.75, 3.05) is 0 Å². The van der Waals surface area contributed by atoms with E-state index in [2.05, 4.69) is 162 Å². The van der Waals surface area contributed by atoms with Crippen molar-refractivity contribution in [2.45, 2.75) is 12.3 Å². The normalized spacial score (nSPS) is 16.4. The molecule has 2 unspecified atom stereocenters. The largest absolute Gasteiger partial charge is 0.455 e. The fraction of sp³-hybridized carbons (Fsp3) is 0.0444. The topological polar surface area (TPSA) is 49.6 Å². The van der Waals surface area contributed by atoms with Crippen LogP contribution in [0.4, 0.5) is 0 Å². The van der Waals surface area contributed by atoms with Gasteiger partial charge in [0, 0.05) is 67.8 Å². The van der Waals surface area contributed by atoms with Crippen LogP contribution in [0.15, 0.2) is 161 Å². The van der Waals surface area contributed by atoms with Gasteiger partial charge in [-0.2, -0.15) is 0 Å². The molecule has 1 aliphatic heterocycles. The summed E-state index contributed by atoms with van der Waals surface area (Å²) < 4.78 is 12.1. The highest BCUT2D eigenvalue weighted by Gasteiger charge is 2.29. The number of thiophene rings is 2. The van der Waals surface area contributed by atoms with Gasteiger partial charge in [0.1, 0.15) is 29.3 Å². The van der Waals surface area contributed by atoms with Gasteiger partial charge in [0.2, 0.25) is 0 Å². The Balaban J connectivity index is 1.11. The summed E-state index contributed by atoms with van der Waals surface area (Å²) in [6.45, 7) is 0. The fourth-order valence-corrected chi connectivity index (χ4v) is 10.2. The van der Waals surface area contributed by atoms with Crippen LogP contribution >= 0.6 is 22.7 Å². The number of furan rings is 1. The number of nitrogens with one attached hydrogen (secondary N) is 2. The second-order valence-corrected chi connectivity index (χ2v) is 15.2. The van der Waals surface area contributed by atoms with E-state index >= 15 is 0 Å². The molecule has 4 nitrogen and oxygen atoms in total. The number of amidine groups is 1. The van der Waals surface area contributed by atoms with Crippen molar-refractivity contribution in [3.63, 3.8) is 0 Å². The lowest BCUT2D eigenvalue weighted by Gasteiger charge is -2.32. The number of benzene rings is 7. The summed E-state index contributed by atoms with van der Waals surface area (Å²) in [5.74, 6) is 0.807. The fourth-order valence-electron chi connectivity index (χ4n) is 7.88. The van der Waals surface area contributed by atoms with Crippen molar-refractivity contribution in [2.24, 2.45) is 4.99 Å². The maximum atomic E-state index is 7.01. The molecule has 0 saturated carbocycles. The molecule has 7 aromatic carbocycles. The molecule has 0 spiro atoms. The summed E-state index contributed by atoms with van der Waals surface area (Å²) in [6.07, 6.45) is -0.446. The quantitative estimate of drug-likeness (QED) is 0.193.